The summed E-state index contributed by atoms with van der Waals surface area (Å²) >= 11 is 19.6. The van der Waals surface area contributed by atoms with Gasteiger partial charge in [-0.05, 0) is 67.1 Å². The van der Waals surface area contributed by atoms with Crippen LogP contribution >= 0.6 is 46.6 Å². The molecular formula is C29H22Cl3NO6S. The second-order valence-electron chi connectivity index (χ2n) is 8.22. The van der Waals surface area contributed by atoms with E-state index in [0.29, 0.717) is 37.0 Å². The molecular weight excluding hydrogens is 597 g/mol. The number of aliphatic imine (C=N–C) groups is 1. The van der Waals surface area contributed by atoms with E-state index in [4.69, 9.17) is 49.0 Å². The molecule has 40 heavy (non-hydrogen) atoms. The van der Waals surface area contributed by atoms with Crippen LogP contribution in [0.4, 0.5) is 0 Å². The van der Waals surface area contributed by atoms with Gasteiger partial charge in [0.15, 0.2) is 0 Å². The fourth-order valence-electron chi connectivity index (χ4n) is 3.55. The average Bonchev–Trinajstić information content (AvgIpc) is 3.23. The maximum Gasteiger partial charge on any atom is 0.344 e. The van der Waals surface area contributed by atoms with Crippen LogP contribution in [0.25, 0.3) is 6.08 Å². The highest BCUT2D eigenvalue weighted by Gasteiger charge is 2.34. The smallest absolute Gasteiger partial charge is 0.344 e. The predicted molar refractivity (Wildman–Crippen MR) is 159 cm³/mol. The van der Waals surface area contributed by atoms with Crippen molar-refractivity contribution >= 4 is 69.6 Å². The second-order valence-corrected chi connectivity index (χ2v) is 10.5. The van der Waals surface area contributed by atoms with Crippen molar-refractivity contribution in [2.75, 3.05) is 13.7 Å². The largest absolute Gasteiger partial charge is 0.506 e. The Balaban J connectivity index is 1.58. The zero-order valence-electron chi connectivity index (χ0n) is 21.2. The summed E-state index contributed by atoms with van der Waals surface area (Å²) in [5.74, 6) is -0.726. The van der Waals surface area contributed by atoms with E-state index in [0.717, 1.165) is 17.3 Å². The third-order valence-electron chi connectivity index (χ3n) is 5.56. The van der Waals surface area contributed by atoms with Crippen molar-refractivity contribution in [1.82, 2.24) is 0 Å². The summed E-state index contributed by atoms with van der Waals surface area (Å²) in [6.07, 6.45) is 1.62. The van der Waals surface area contributed by atoms with Crippen molar-refractivity contribution in [3.63, 3.8) is 0 Å². The van der Waals surface area contributed by atoms with Gasteiger partial charge in [-0.1, -0.05) is 58.7 Å². The number of hydrogen-bond acceptors (Lipinski definition) is 7. The lowest BCUT2D eigenvalue weighted by Crippen LogP contribution is -2.14. The number of thioether (sulfide) groups is 1. The van der Waals surface area contributed by atoms with Crippen LogP contribution in [0.2, 0.25) is 15.1 Å². The molecule has 1 amide bonds. The molecule has 0 aromatic heterocycles. The second kappa shape index (κ2) is 13.3. The predicted octanol–water partition coefficient (Wildman–Crippen LogP) is 7.94. The summed E-state index contributed by atoms with van der Waals surface area (Å²) in [4.78, 5) is 29.9. The van der Waals surface area contributed by atoms with Crippen molar-refractivity contribution in [2.24, 2.45) is 4.99 Å². The summed E-state index contributed by atoms with van der Waals surface area (Å²) < 4.78 is 16.0. The Bertz CT molecular complexity index is 1550. The summed E-state index contributed by atoms with van der Waals surface area (Å²) in [5.41, 5.74) is 1.46. The number of aliphatic hydroxyl groups excluding tert-OH is 1. The van der Waals surface area contributed by atoms with E-state index in [2.05, 4.69) is 4.99 Å². The van der Waals surface area contributed by atoms with Crippen molar-refractivity contribution < 1.29 is 28.9 Å². The number of hydrogen-bond donors (Lipinski definition) is 1. The maximum absolute atomic E-state index is 12.8. The van der Waals surface area contributed by atoms with Gasteiger partial charge in [-0.2, -0.15) is 0 Å². The van der Waals surface area contributed by atoms with Crippen molar-refractivity contribution in [3.05, 3.63) is 109 Å². The van der Waals surface area contributed by atoms with Gasteiger partial charge in [0.1, 0.15) is 34.5 Å². The van der Waals surface area contributed by atoms with Crippen LogP contribution in [0.15, 0.2) is 81.9 Å². The lowest BCUT2D eigenvalue weighted by molar-refractivity contribution is -0.138. The van der Waals surface area contributed by atoms with Crippen LogP contribution in [-0.4, -0.2) is 35.7 Å². The molecule has 11 heteroatoms. The Morgan fingerprint density at radius 1 is 1.00 bits per heavy atom. The molecule has 0 bridgehead atoms. The van der Waals surface area contributed by atoms with Crippen LogP contribution in [0, 0.1) is 0 Å². The number of carbonyl (C=O) groups excluding carboxylic acids is 2. The van der Waals surface area contributed by atoms with Gasteiger partial charge < -0.3 is 19.3 Å². The Morgan fingerprint density at radius 2 is 1.75 bits per heavy atom. The number of benzene rings is 3. The number of halogens is 3. The minimum absolute atomic E-state index is 0.0221. The molecule has 1 N–H and O–H groups in total. The maximum atomic E-state index is 12.8. The first-order valence-corrected chi connectivity index (χ1v) is 13.8. The molecule has 3 aromatic rings. The fourth-order valence-corrected chi connectivity index (χ4v) is 5.27. The minimum Gasteiger partial charge on any atom is -0.506 e. The number of methoxy groups -OCH3 is 1. The quantitative estimate of drug-likeness (QED) is 0.256. The van der Waals surface area contributed by atoms with Gasteiger partial charge >= 0.3 is 5.97 Å². The monoisotopic (exact) mass is 617 g/mol. The molecule has 0 spiro atoms. The lowest BCUT2D eigenvalue weighted by Gasteiger charge is -2.10. The highest BCUT2D eigenvalue weighted by Crippen LogP contribution is 2.40. The molecule has 0 radical (unpaired) electrons. The molecule has 206 valence electrons. The topological polar surface area (TPSA) is 94.4 Å². The van der Waals surface area contributed by atoms with E-state index in [1.54, 1.807) is 73.7 Å². The van der Waals surface area contributed by atoms with Gasteiger partial charge in [0.2, 0.25) is 0 Å². The Labute approximate surface area is 250 Å². The van der Waals surface area contributed by atoms with Crippen molar-refractivity contribution in [1.29, 1.82) is 0 Å². The van der Waals surface area contributed by atoms with Gasteiger partial charge in [-0.3, -0.25) is 4.79 Å². The number of ether oxygens (including phenoxy) is 3. The van der Waals surface area contributed by atoms with Gasteiger partial charge in [0, 0.05) is 21.2 Å². The number of carbonyl (C=O) groups is 2. The summed E-state index contributed by atoms with van der Waals surface area (Å²) in [6, 6.07) is 16.5. The van der Waals surface area contributed by atoms with E-state index in [1.807, 2.05) is 0 Å². The van der Waals surface area contributed by atoms with Crippen LogP contribution < -0.4 is 9.47 Å². The van der Waals surface area contributed by atoms with Crippen molar-refractivity contribution in [3.8, 4) is 11.5 Å². The molecule has 1 aliphatic rings. The third kappa shape index (κ3) is 7.01. The highest BCUT2D eigenvalue weighted by atomic mass is 35.5. The molecule has 4 rings (SSSR count). The number of rotatable bonds is 8. The summed E-state index contributed by atoms with van der Waals surface area (Å²) in [5, 5.41) is 12.3. The highest BCUT2D eigenvalue weighted by molar-refractivity contribution is 8.18. The molecule has 1 heterocycles. The molecule has 0 atom stereocenters. The van der Waals surface area contributed by atoms with E-state index in [9.17, 15) is 14.7 Å². The fraction of sp³-hybridized carbons (Fsp3) is 0.138. The van der Waals surface area contributed by atoms with Crippen LogP contribution in [0.3, 0.4) is 0 Å². The van der Waals surface area contributed by atoms with E-state index in [1.165, 1.54) is 7.11 Å². The molecule has 7 nitrogen and oxygen atoms in total. The number of esters is 1. The van der Waals surface area contributed by atoms with Crippen LogP contribution in [0.1, 0.15) is 28.4 Å². The molecule has 0 saturated carbocycles. The van der Waals surface area contributed by atoms with Gasteiger partial charge in [0.25, 0.3) is 5.91 Å². The van der Waals surface area contributed by atoms with Crippen molar-refractivity contribution in [2.45, 2.75) is 13.5 Å². The third-order valence-corrected chi connectivity index (χ3v) is 7.46. The number of amides is 1. The Kier molecular flexibility index (Phi) is 9.81. The summed E-state index contributed by atoms with van der Waals surface area (Å²) in [6.45, 7) is 1.90. The number of aliphatic hydroxyl groups is 1. The van der Waals surface area contributed by atoms with E-state index < -0.39 is 11.9 Å². The minimum atomic E-state index is -0.792. The van der Waals surface area contributed by atoms with E-state index >= 15 is 0 Å². The SMILES string of the molecule is CCOC(=O)C1=C(O)C(=Cc2ccc(OCc3ccc(Cl)cc3Cl)c(Cl)c2)SC1=NC(=O)c1ccc(OC)cc1. The first kappa shape index (κ1) is 29.6. The normalized spacial score (nSPS) is 15.0. The first-order chi connectivity index (χ1) is 19.2. The van der Waals surface area contributed by atoms with Crippen LogP contribution in [0.5, 0.6) is 11.5 Å². The molecule has 0 fully saturated rings. The molecule has 0 aliphatic carbocycles. The first-order valence-electron chi connectivity index (χ1n) is 11.8. The summed E-state index contributed by atoms with van der Waals surface area (Å²) in [7, 11) is 1.52. The van der Waals surface area contributed by atoms with Gasteiger partial charge in [-0.15, -0.1) is 0 Å². The average molecular weight is 619 g/mol. The standard InChI is InChI=1S/C29H22Cl3NO6S/c1-3-38-29(36)25-26(34)24(40-28(25)33-27(35)17-6-9-20(37-2)10-7-17)13-16-4-11-23(22(32)12-16)39-15-18-5-8-19(30)14-21(18)31/h4-14,34H,3,15H2,1-2H3. The molecule has 1 aliphatic heterocycles. The lowest BCUT2D eigenvalue weighted by atomic mass is 10.1. The van der Waals surface area contributed by atoms with Gasteiger partial charge in [-0.25, -0.2) is 9.79 Å². The van der Waals surface area contributed by atoms with Crippen LogP contribution in [-0.2, 0) is 16.1 Å². The Hall–Kier alpha value is -3.43. The van der Waals surface area contributed by atoms with Gasteiger partial charge in [0.05, 0.1) is 23.6 Å². The molecule has 0 saturated heterocycles. The Morgan fingerprint density at radius 3 is 2.40 bits per heavy atom. The zero-order chi connectivity index (χ0) is 28.8. The molecule has 0 unspecified atom stereocenters. The molecule has 3 aromatic carbocycles. The van der Waals surface area contributed by atoms with E-state index in [-0.39, 0.29) is 35.2 Å². The number of nitrogens with zero attached hydrogens (tertiary/aromatic N) is 1. The zero-order valence-corrected chi connectivity index (χ0v) is 24.3.